The quantitative estimate of drug-likeness (QED) is 0.850. The average molecular weight is 353 g/mol. The first kappa shape index (κ1) is 16.3. The molecule has 26 heavy (non-hydrogen) atoms. The lowest BCUT2D eigenvalue weighted by molar-refractivity contribution is -0.138. The van der Waals surface area contributed by atoms with Gasteiger partial charge in [-0.05, 0) is 36.8 Å². The summed E-state index contributed by atoms with van der Waals surface area (Å²) >= 11 is 0. The number of anilines is 1. The van der Waals surface area contributed by atoms with Gasteiger partial charge >= 0.3 is 5.97 Å². The zero-order chi connectivity index (χ0) is 18.1. The summed E-state index contributed by atoms with van der Waals surface area (Å²) in [5.41, 5.74) is 4.06. The Bertz CT molecular complexity index is 903. The van der Waals surface area contributed by atoms with Gasteiger partial charge in [0.05, 0.1) is 25.0 Å². The van der Waals surface area contributed by atoms with E-state index in [0.29, 0.717) is 35.8 Å². The molecule has 0 aromatic heterocycles. The first-order valence-electron chi connectivity index (χ1n) is 8.44. The van der Waals surface area contributed by atoms with Crippen molar-refractivity contribution in [1.29, 1.82) is 0 Å². The summed E-state index contributed by atoms with van der Waals surface area (Å²) in [7, 11) is 1.63. The number of hydrogen-bond donors (Lipinski definition) is 1. The summed E-state index contributed by atoms with van der Waals surface area (Å²) in [5, 5.41) is 3.37. The van der Waals surface area contributed by atoms with Crippen LogP contribution in [0.4, 0.5) is 5.69 Å². The molecule has 0 saturated carbocycles. The Morgan fingerprint density at radius 3 is 2.81 bits per heavy atom. The maximum atomic E-state index is 12.5. The van der Waals surface area contributed by atoms with Crippen LogP contribution in [-0.2, 0) is 16.0 Å². The van der Waals surface area contributed by atoms with Crippen LogP contribution in [0.3, 0.4) is 0 Å². The average Bonchev–Trinajstić information content (AvgIpc) is 3.14. The van der Waals surface area contributed by atoms with Gasteiger partial charge in [0.25, 0.3) is 0 Å². The van der Waals surface area contributed by atoms with Crippen LogP contribution < -0.4 is 19.5 Å². The molecule has 1 N–H and O–H groups in total. The van der Waals surface area contributed by atoms with Crippen molar-refractivity contribution in [2.45, 2.75) is 13.3 Å². The van der Waals surface area contributed by atoms with Crippen LogP contribution in [0.1, 0.15) is 18.1 Å². The van der Waals surface area contributed by atoms with E-state index in [1.807, 2.05) is 36.4 Å². The predicted octanol–water partition coefficient (Wildman–Crippen LogP) is 3.37. The Kier molecular flexibility index (Phi) is 4.16. The fourth-order valence-corrected chi connectivity index (χ4v) is 3.13. The highest BCUT2D eigenvalue weighted by atomic mass is 16.7. The monoisotopic (exact) mass is 353 g/mol. The van der Waals surface area contributed by atoms with Crippen molar-refractivity contribution < 1.29 is 23.7 Å². The predicted molar refractivity (Wildman–Crippen MR) is 96.4 cm³/mol. The van der Waals surface area contributed by atoms with Gasteiger partial charge in [-0.1, -0.05) is 6.07 Å². The van der Waals surface area contributed by atoms with Crippen LogP contribution in [-0.4, -0.2) is 26.5 Å². The highest BCUT2D eigenvalue weighted by molar-refractivity contribution is 6.02. The third kappa shape index (κ3) is 2.83. The number of hydrogen-bond acceptors (Lipinski definition) is 6. The molecular weight excluding hydrogens is 334 g/mol. The molecule has 0 amide bonds. The lowest BCUT2D eigenvalue weighted by Crippen LogP contribution is -2.20. The van der Waals surface area contributed by atoms with Crippen LogP contribution >= 0.6 is 0 Å². The van der Waals surface area contributed by atoms with Crippen molar-refractivity contribution in [2.75, 3.05) is 25.8 Å². The maximum Gasteiger partial charge on any atom is 0.336 e. The van der Waals surface area contributed by atoms with E-state index in [1.165, 1.54) is 0 Å². The molecule has 0 saturated heterocycles. The Morgan fingerprint density at radius 1 is 1.15 bits per heavy atom. The van der Waals surface area contributed by atoms with Crippen LogP contribution in [0.25, 0.3) is 5.70 Å². The van der Waals surface area contributed by atoms with Gasteiger partial charge in [-0.3, -0.25) is 0 Å². The van der Waals surface area contributed by atoms with Gasteiger partial charge in [-0.25, -0.2) is 4.79 Å². The number of carbonyl (C=O) groups is 1. The molecule has 134 valence electrons. The van der Waals surface area contributed by atoms with E-state index < -0.39 is 0 Å². The van der Waals surface area contributed by atoms with Gasteiger partial charge in [0.2, 0.25) is 6.79 Å². The number of methoxy groups -OCH3 is 1. The highest BCUT2D eigenvalue weighted by Crippen LogP contribution is 2.39. The van der Waals surface area contributed by atoms with E-state index >= 15 is 0 Å². The fourth-order valence-electron chi connectivity index (χ4n) is 3.13. The minimum absolute atomic E-state index is 0.204. The van der Waals surface area contributed by atoms with Crippen molar-refractivity contribution in [3.63, 3.8) is 0 Å². The largest absolute Gasteiger partial charge is 0.497 e. The molecule has 0 atom stereocenters. The minimum atomic E-state index is -0.325. The van der Waals surface area contributed by atoms with Crippen LogP contribution in [0.15, 0.2) is 42.0 Å². The zero-order valence-electron chi connectivity index (χ0n) is 14.6. The standard InChI is InChI=1S/C20H19NO5/c1-3-24-20(22)15-8-12-4-6-14(23-2)10-16(12)21-19(15)13-5-7-17-18(9-13)26-11-25-17/h4-7,9-10,21H,3,8,11H2,1-2H3. The van der Waals surface area contributed by atoms with Crippen LogP contribution in [0.2, 0.25) is 0 Å². The Hall–Kier alpha value is -3.15. The van der Waals surface area contributed by atoms with Gasteiger partial charge in [0, 0.05) is 23.7 Å². The van der Waals surface area contributed by atoms with Crippen LogP contribution in [0.5, 0.6) is 17.2 Å². The van der Waals surface area contributed by atoms with Crippen molar-refractivity contribution in [2.24, 2.45) is 0 Å². The number of fused-ring (bicyclic) bond motifs is 2. The molecule has 0 radical (unpaired) electrons. The highest BCUT2D eigenvalue weighted by Gasteiger charge is 2.26. The molecule has 4 rings (SSSR count). The van der Waals surface area contributed by atoms with Crippen LogP contribution in [0, 0.1) is 0 Å². The Balaban J connectivity index is 1.79. The molecule has 0 spiro atoms. The van der Waals surface area contributed by atoms with E-state index in [9.17, 15) is 4.79 Å². The minimum Gasteiger partial charge on any atom is -0.497 e. The second-order valence-electron chi connectivity index (χ2n) is 5.97. The normalized spacial score (nSPS) is 14.5. The molecule has 2 aliphatic rings. The van der Waals surface area contributed by atoms with E-state index in [0.717, 1.165) is 22.6 Å². The fraction of sp³-hybridized carbons (Fsp3) is 0.250. The number of ether oxygens (including phenoxy) is 4. The molecule has 2 aromatic rings. The molecule has 0 fully saturated rings. The summed E-state index contributed by atoms with van der Waals surface area (Å²) in [6.45, 7) is 2.33. The zero-order valence-corrected chi connectivity index (χ0v) is 14.6. The second-order valence-corrected chi connectivity index (χ2v) is 5.97. The summed E-state index contributed by atoms with van der Waals surface area (Å²) in [4.78, 5) is 12.5. The van der Waals surface area contributed by atoms with Gasteiger partial charge < -0.3 is 24.3 Å². The van der Waals surface area contributed by atoms with Crippen molar-refractivity contribution >= 4 is 17.4 Å². The number of carbonyl (C=O) groups excluding carboxylic acids is 1. The molecule has 0 unspecified atom stereocenters. The molecule has 2 heterocycles. The third-order valence-corrected chi connectivity index (χ3v) is 4.43. The topological polar surface area (TPSA) is 66.0 Å². The summed E-state index contributed by atoms with van der Waals surface area (Å²) in [5.74, 6) is 1.79. The maximum absolute atomic E-state index is 12.5. The molecule has 2 aromatic carbocycles. The Morgan fingerprint density at radius 2 is 2.00 bits per heavy atom. The summed E-state index contributed by atoms with van der Waals surface area (Å²) in [6.07, 6.45) is 0.481. The number of benzene rings is 2. The smallest absolute Gasteiger partial charge is 0.336 e. The van der Waals surface area contributed by atoms with E-state index in [2.05, 4.69) is 5.32 Å². The molecule has 2 aliphatic heterocycles. The first-order valence-corrected chi connectivity index (χ1v) is 8.44. The molecule has 0 bridgehead atoms. The number of esters is 1. The number of rotatable bonds is 4. The lowest BCUT2D eigenvalue weighted by atomic mass is 9.94. The van der Waals surface area contributed by atoms with Gasteiger partial charge in [0.15, 0.2) is 11.5 Å². The van der Waals surface area contributed by atoms with Gasteiger partial charge in [0.1, 0.15) is 5.75 Å². The van der Waals surface area contributed by atoms with Crippen molar-refractivity contribution in [3.05, 3.63) is 53.1 Å². The van der Waals surface area contributed by atoms with E-state index in [-0.39, 0.29) is 12.8 Å². The third-order valence-electron chi connectivity index (χ3n) is 4.43. The molecule has 0 aliphatic carbocycles. The first-order chi connectivity index (χ1) is 12.7. The second kappa shape index (κ2) is 6.63. The lowest BCUT2D eigenvalue weighted by Gasteiger charge is -2.24. The Labute approximate surface area is 151 Å². The number of nitrogens with one attached hydrogen (secondary N) is 1. The van der Waals surface area contributed by atoms with Gasteiger partial charge in [-0.15, -0.1) is 0 Å². The van der Waals surface area contributed by atoms with Crippen molar-refractivity contribution in [1.82, 2.24) is 0 Å². The van der Waals surface area contributed by atoms with E-state index in [4.69, 9.17) is 18.9 Å². The summed E-state index contributed by atoms with van der Waals surface area (Å²) in [6, 6.07) is 11.4. The molecule has 6 nitrogen and oxygen atoms in total. The molecular formula is C20H19NO5. The SMILES string of the molecule is CCOC(=O)C1=C(c2ccc3c(c2)OCO3)Nc2cc(OC)ccc2C1. The van der Waals surface area contributed by atoms with E-state index in [1.54, 1.807) is 14.0 Å². The molecule has 6 heteroatoms. The summed E-state index contributed by atoms with van der Waals surface area (Å²) < 4.78 is 21.4. The van der Waals surface area contributed by atoms with Crippen molar-refractivity contribution in [3.8, 4) is 17.2 Å². The van der Waals surface area contributed by atoms with Gasteiger partial charge in [-0.2, -0.15) is 0 Å².